The van der Waals surface area contributed by atoms with Gasteiger partial charge in [0, 0.05) is 19.4 Å². The fourth-order valence-corrected chi connectivity index (χ4v) is 7.51. The highest BCUT2D eigenvalue weighted by Crippen LogP contribution is 2.14. The Balaban J connectivity index is 4.34. The van der Waals surface area contributed by atoms with Gasteiger partial charge in [0.1, 0.15) is 6.61 Å². The van der Waals surface area contributed by atoms with Gasteiger partial charge in [-0.1, -0.05) is 221 Å². The van der Waals surface area contributed by atoms with Crippen molar-refractivity contribution in [1.82, 2.24) is 0 Å². The van der Waals surface area contributed by atoms with Gasteiger partial charge < -0.3 is 14.2 Å². The minimum absolute atomic E-state index is 0.0640. The van der Waals surface area contributed by atoms with Gasteiger partial charge in [0.15, 0.2) is 6.10 Å². The molecule has 1 atom stereocenters. The van der Waals surface area contributed by atoms with E-state index >= 15 is 0 Å². The van der Waals surface area contributed by atoms with Crippen molar-refractivity contribution in [2.75, 3.05) is 19.8 Å². The van der Waals surface area contributed by atoms with Crippen LogP contribution in [0.2, 0.25) is 0 Å². The van der Waals surface area contributed by atoms with Crippen molar-refractivity contribution in [1.29, 1.82) is 0 Å². The normalized spacial score (nSPS) is 13.0. The molecule has 0 aromatic carbocycles. The van der Waals surface area contributed by atoms with Gasteiger partial charge in [0.05, 0.1) is 6.61 Å². The van der Waals surface area contributed by atoms with E-state index in [0.29, 0.717) is 19.4 Å². The summed E-state index contributed by atoms with van der Waals surface area (Å²) in [4.78, 5) is 25.5. The Kier molecular flexibility index (Phi) is 53.4. The van der Waals surface area contributed by atoms with Gasteiger partial charge in [0.25, 0.3) is 0 Å². The Labute approximate surface area is 409 Å². The third-order valence-corrected chi connectivity index (χ3v) is 11.6. The number of hydrogen-bond acceptors (Lipinski definition) is 5. The number of esters is 2. The van der Waals surface area contributed by atoms with Crippen LogP contribution in [0.3, 0.4) is 0 Å². The van der Waals surface area contributed by atoms with E-state index in [1.165, 1.54) is 109 Å². The second-order valence-electron chi connectivity index (χ2n) is 18.1. The predicted molar refractivity (Wildman–Crippen MR) is 288 cm³/mol. The monoisotopic (exact) mass is 917 g/mol. The summed E-state index contributed by atoms with van der Waals surface area (Å²) in [6.07, 6.45) is 75.6. The topological polar surface area (TPSA) is 61.8 Å². The molecule has 0 radical (unpaired) electrons. The maximum atomic E-state index is 12.8. The lowest BCUT2D eigenvalue weighted by Gasteiger charge is -2.18. The molecule has 0 rings (SSSR count). The van der Waals surface area contributed by atoms with Gasteiger partial charge in [-0.3, -0.25) is 9.59 Å². The quantitative estimate of drug-likeness (QED) is 0.0346. The summed E-state index contributed by atoms with van der Waals surface area (Å²) in [5.41, 5.74) is 0. The Morgan fingerprint density at radius 1 is 0.348 bits per heavy atom. The Morgan fingerprint density at radius 3 is 1.11 bits per heavy atom. The summed E-state index contributed by atoms with van der Waals surface area (Å²) in [5, 5.41) is 0. The van der Waals surface area contributed by atoms with Crippen LogP contribution in [0.15, 0.2) is 97.2 Å². The summed E-state index contributed by atoms with van der Waals surface area (Å²) in [5.74, 6) is -0.435. The molecule has 0 aromatic heterocycles. The molecule has 1 unspecified atom stereocenters. The minimum atomic E-state index is -0.560. The maximum absolute atomic E-state index is 12.8. The van der Waals surface area contributed by atoms with Gasteiger partial charge in [-0.2, -0.15) is 0 Å². The minimum Gasteiger partial charge on any atom is -0.462 e. The molecule has 0 saturated heterocycles. The zero-order chi connectivity index (χ0) is 47.7. The van der Waals surface area contributed by atoms with E-state index < -0.39 is 6.10 Å². The largest absolute Gasteiger partial charge is 0.462 e. The maximum Gasteiger partial charge on any atom is 0.306 e. The molecule has 0 aliphatic rings. The van der Waals surface area contributed by atoms with Gasteiger partial charge >= 0.3 is 11.9 Å². The van der Waals surface area contributed by atoms with Crippen molar-refractivity contribution in [2.24, 2.45) is 0 Å². The molecule has 0 amide bonds. The summed E-state index contributed by atoms with van der Waals surface area (Å²) >= 11 is 0. The number of carbonyl (C=O) groups is 2. The van der Waals surface area contributed by atoms with Crippen molar-refractivity contribution >= 4 is 11.9 Å². The van der Waals surface area contributed by atoms with Crippen molar-refractivity contribution in [2.45, 2.75) is 258 Å². The van der Waals surface area contributed by atoms with E-state index in [1.807, 2.05) is 0 Å². The van der Waals surface area contributed by atoms with Crippen LogP contribution < -0.4 is 0 Å². The van der Waals surface area contributed by atoms with Crippen LogP contribution in [0, 0.1) is 0 Å². The van der Waals surface area contributed by atoms with Crippen LogP contribution in [0.4, 0.5) is 0 Å². The van der Waals surface area contributed by atoms with Crippen molar-refractivity contribution in [3.63, 3.8) is 0 Å². The highest BCUT2D eigenvalue weighted by atomic mass is 16.6. The Hall–Kier alpha value is -3.18. The number of allylic oxidation sites excluding steroid dienone is 16. The molecule has 0 aromatic rings. The summed E-state index contributed by atoms with van der Waals surface area (Å²) in [7, 11) is 0. The fourth-order valence-electron chi connectivity index (χ4n) is 7.51. The molecule has 0 saturated carbocycles. The fraction of sp³-hybridized carbons (Fsp3) is 0.705. The number of unbranched alkanes of at least 4 members (excludes halogenated alkanes) is 23. The lowest BCUT2D eigenvalue weighted by Crippen LogP contribution is -2.30. The molecule has 5 nitrogen and oxygen atoms in total. The molecule has 0 aliphatic carbocycles. The third kappa shape index (κ3) is 53.4. The molecule has 0 heterocycles. The van der Waals surface area contributed by atoms with Crippen LogP contribution in [-0.2, 0) is 23.8 Å². The first-order valence-corrected chi connectivity index (χ1v) is 27.8. The summed E-state index contributed by atoms with van der Waals surface area (Å²) < 4.78 is 17.4. The molecular weight excluding hydrogens is 813 g/mol. The first-order valence-electron chi connectivity index (χ1n) is 27.8. The molecule has 0 aliphatic heterocycles. The molecular formula is C61H104O5. The molecule has 0 bridgehead atoms. The van der Waals surface area contributed by atoms with E-state index in [0.717, 1.165) is 109 Å². The number of hydrogen-bond donors (Lipinski definition) is 0. The SMILES string of the molecule is CC/C=C\C/C=C\C/C=C\C/C=C\CCCCCCCCC(=O)OCC(COCCCCCCCC/C=C\CCCCCCCC)OC(=O)CCCCCCC/C=C\C/C=C\C/C=C\CC. The number of carbonyl (C=O) groups excluding carboxylic acids is 2. The first-order chi connectivity index (χ1) is 32.6. The number of ether oxygens (including phenoxy) is 3. The second kappa shape index (κ2) is 56.1. The van der Waals surface area contributed by atoms with Crippen LogP contribution in [0.25, 0.3) is 0 Å². The van der Waals surface area contributed by atoms with E-state index in [-0.39, 0.29) is 25.2 Å². The molecule has 66 heavy (non-hydrogen) atoms. The Bertz CT molecular complexity index is 1270. The number of rotatable bonds is 50. The average Bonchev–Trinajstić information content (AvgIpc) is 3.32. The standard InChI is InChI=1S/C61H104O5/c1-4-7-10-13-16-19-22-25-28-30-31-32-34-36-39-42-45-48-51-54-60(62)65-58-59(57-64-56-53-50-47-44-41-38-35-29-26-23-20-17-14-11-8-5-2)66-61(63)55-52-49-46-43-40-37-33-27-24-21-18-15-12-9-6-3/h7,9-10,12,16,18-19,21,25-29,31-33,59H,4-6,8,11,13-15,17,20,22-24,30,34-58H2,1-3H3/b10-7-,12-9-,19-16-,21-18-,28-25-,29-26-,32-31-,33-27-. The molecule has 5 heteroatoms. The van der Waals surface area contributed by atoms with E-state index in [2.05, 4.69) is 118 Å². The zero-order valence-corrected chi connectivity index (χ0v) is 43.4. The van der Waals surface area contributed by atoms with Gasteiger partial charge in [0.2, 0.25) is 0 Å². The third-order valence-electron chi connectivity index (χ3n) is 11.6. The van der Waals surface area contributed by atoms with Gasteiger partial charge in [-0.05, 0) is 116 Å². The van der Waals surface area contributed by atoms with Gasteiger partial charge in [-0.15, -0.1) is 0 Å². The molecule has 0 fully saturated rings. The second-order valence-corrected chi connectivity index (χ2v) is 18.1. The van der Waals surface area contributed by atoms with Gasteiger partial charge in [-0.25, -0.2) is 0 Å². The van der Waals surface area contributed by atoms with Crippen molar-refractivity contribution < 1.29 is 23.8 Å². The molecule has 0 spiro atoms. The highest BCUT2D eigenvalue weighted by molar-refractivity contribution is 5.70. The lowest BCUT2D eigenvalue weighted by molar-refractivity contribution is -0.163. The highest BCUT2D eigenvalue weighted by Gasteiger charge is 2.17. The van der Waals surface area contributed by atoms with E-state index in [4.69, 9.17) is 14.2 Å². The van der Waals surface area contributed by atoms with E-state index in [9.17, 15) is 9.59 Å². The van der Waals surface area contributed by atoms with E-state index in [1.54, 1.807) is 0 Å². The molecule has 378 valence electrons. The Morgan fingerprint density at radius 2 is 0.682 bits per heavy atom. The summed E-state index contributed by atoms with van der Waals surface area (Å²) in [6, 6.07) is 0. The predicted octanol–water partition coefficient (Wildman–Crippen LogP) is 19.0. The van der Waals surface area contributed by atoms with Crippen LogP contribution in [-0.4, -0.2) is 37.9 Å². The van der Waals surface area contributed by atoms with Crippen molar-refractivity contribution in [3.05, 3.63) is 97.2 Å². The van der Waals surface area contributed by atoms with Crippen LogP contribution in [0.1, 0.15) is 252 Å². The summed E-state index contributed by atoms with van der Waals surface area (Å²) in [6.45, 7) is 7.56. The van der Waals surface area contributed by atoms with Crippen molar-refractivity contribution in [3.8, 4) is 0 Å². The first kappa shape index (κ1) is 62.8. The molecule has 0 N–H and O–H groups in total. The lowest BCUT2D eigenvalue weighted by atomic mass is 10.1. The zero-order valence-electron chi connectivity index (χ0n) is 43.4. The van der Waals surface area contributed by atoms with Crippen LogP contribution in [0.5, 0.6) is 0 Å². The average molecular weight is 917 g/mol. The van der Waals surface area contributed by atoms with Crippen LogP contribution >= 0.6 is 0 Å². The smallest absolute Gasteiger partial charge is 0.306 e.